The molecule has 2 rings (SSSR count). The largest absolute Gasteiger partial charge is 0.476 e. The fourth-order valence-corrected chi connectivity index (χ4v) is 1.67. The van der Waals surface area contributed by atoms with Crippen LogP contribution in [-0.4, -0.2) is 17.0 Å². The third kappa shape index (κ3) is 1.95. The zero-order chi connectivity index (χ0) is 13.1. The number of anilines is 1. The van der Waals surface area contributed by atoms with Gasteiger partial charge in [-0.1, -0.05) is 30.3 Å². The van der Waals surface area contributed by atoms with Crippen molar-refractivity contribution in [1.29, 1.82) is 0 Å². The molecule has 6 nitrogen and oxygen atoms in total. The fourth-order valence-electron chi connectivity index (χ4n) is 1.67. The normalized spacial score (nSPS) is 10.1. The van der Waals surface area contributed by atoms with Gasteiger partial charge in [-0.15, -0.1) is 0 Å². The van der Waals surface area contributed by atoms with Gasteiger partial charge in [-0.25, -0.2) is 4.98 Å². The van der Waals surface area contributed by atoms with Gasteiger partial charge in [-0.2, -0.15) is 0 Å². The van der Waals surface area contributed by atoms with Crippen LogP contribution in [0.3, 0.4) is 0 Å². The van der Waals surface area contributed by atoms with Crippen molar-refractivity contribution in [3.05, 3.63) is 46.6 Å². The highest BCUT2D eigenvalue weighted by Gasteiger charge is 2.24. The van der Waals surface area contributed by atoms with Crippen LogP contribution in [0.1, 0.15) is 0 Å². The van der Waals surface area contributed by atoms with E-state index in [2.05, 4.69) is 4.98 Å². The Morgan fingerprint density at radius 2 is 2.00 bits per heavy atom. The first-order chi connectivity index (χ1) is 8.65. The average molecular weight is 245 g/mol. The molecule has 0 bridgehead atoms. The van der Waals surface area contributed by atoms with E-state index in [1.54, 1.807) is 0 Å². The molecule has 0 aliphatic heterocycles. The van der Waals surface area contributed by atoms with Crippen LogP contribution in [0.5, 0.6) is 5.88 Å². The highest BCUT2D eigenvalue weighted by atomic mass is 16.6. The number of benzene rings is 1. The molecule has 0 radical (unpaired) electrons. The van der Waals surface area contributed by atoms with E-state index in [-0.39, 0.29) is 17.3 Å². The summed E-state index contributed by atoms with van der Waals surface area (Å²) in [5.74, 6) is -0.0859. The molecular weight excluding hydrogens is 234 g/mol. The molecule has 92 valence electrons. The molecule has 1 aromatic heterocycles. The maximum Gasteiger partial charge on any atom is 0.354 e. The SMILES string of the molecule is COc1ncc(-c2ccccc2)c(N)c1[N+](=O)[O-]. The summed E-state index contributed by atoms with van der Waals surface area (Å²) in [5, 5.41) is 11.0. The number of nitrogens with zero attached hydrogens (tertiary/aromatic N) is 2. The second kappa shape index (κ2) is 4.70. The Balaban J connectivity index is 2.65. The molecule has 1 aromatic carbocycles. The molecule has 0 amide bonds. The minimum Gasteiger partial charge on any atom is -0.476 e. The van der Waals surface area contributed by atoms with Crippen molar-refractivity contribution in [3.63, 3.8) is 0 Å². The third-order valence-corrected chi connectivity index (χ3v) is 2.52. The first-order valence-corrected chi connectivity index (χ1v) is 5.17. The van der Waals surface area contributed by atoms with Crippen LogP contribution < -0.4 is 10.5 Å². The second-order valence-electron chi connectivity index (χ2n) is 3.57. The van der Waals surface area contributed by atoms with Crippen LogP contribution in [0, 0.1) is 10.1 Å². The van der Waals surface area contributed by atoms with Crippen molar-refractivity contribution in [3.8, 4) is 17.0 Å². The molecule has 2 N–H and O–H groups in total. The monoisotopic (exact) mass is 245 g/mol. The van der Waals surface area contributed by atoms with Crippen molar-refractivity contribution >= 4 is 11.4 Å². The number of nitro groups is 1. The van der Waals surface area contributed by atoms with Gasteiger partial charge in [0, 0.05) is 11.8 Å². The summed E-state index contributed by atoms with van der Waals surface area (Å²) < 4.78 is 4.85. The van der Waals surface area contributed by atoms with Gasteiger partial charge in [-0.3, -0.25) is 10.1 Å². The van der Waals surface area contributed by atoms with E-state index >= 15 is 0 Å². The second-order valence-corrected chi connectivity index (χ2v) is 3.57. The number of pyridine rings is 1. The van der Waals surface area contributed by atoms with Crippen LogP contribution in [0.15, 0.2) is 36.5 Å². The van der Waals surface area contributed by atoms with Gasteiger partial charge in [0.05, 0.1) is 12.0 Å². The van der Waals surface area contributed by atoms with Crippen molar-refractivity contribution < 1.29 is 9.66 Å². The Hall–Kier alpha value is -2.63. The molecule has 18 heavy (non-hydrogen) atoms. The minimum absolute atomic E-state index is 0.0538. The number of hydrogen-bond acceptors (Lipinski definition) is 5. The Morgan fingerprint density at radius 1 is 1.33 bits per heavy atom. The number of nitrogen functional groups attached to an aromatic ring is 1. The van der Waals surface area contributed by atoms with Gasteiger partial charge in [-0.05, 0) is 5.56 Å². The molecule has 0 fully saturated rings. The van der Waals surface area contributed by atoms with Gasteiger partial charge in [0.2, 0.25) is 0 Å². The lowest BCUT2D eigenvalue weighted by Crippen LogP contribution is -2.02. The maximum absolute atomic E-state index is 11.0. The van der Waals surface area contributed by atoms with Crippen molar-refractivity contribution in [2.24, 2.45) is 0 Å². The van der Waals surface area contributed by atoms with E-state index in [1.807, 2.05) is 30.3 Å². The van der Waals surface area contributed by atoms with Gasteiger partial charge < -0.3 is 10.5 Å². The number of aromatic nitrogens is 1. The van der Waals surface area contributed by atoms with Crippen molar-refractivity contribution in [2.45, 2.75) is 0 Å². The number of nitrogens with two attached hydrogens (primary N) is 1. The predicted molar refractivity (Wildman–Crippen MR) is 67.3 cm³/mol. The molecular formula is C12H11N3O3. The fraction of sp³-hybridized carbons (Fsp3) is 0.0833. The van der Waals surface area contributed by atoms with E-state index in [9.17, 15) is 10.1 Å². The highest BCUT2D eigenvalue weighted by molar-refractivity contribution is 5.83. The molecule has 0 atom stereocenters. The Kier molecular flexibility index (Phi) is 3.09. The third-order valence-electron chi connectivity index (χ3n) is 2.52. The molecule has 2 aromatic rings. The Labute approximate surface area is 103 Å². The van der Waals surface area contributed by atoms with Crippen LogP contribution in [0.2, 0.25) is 0 Å². The molecule has 0 saturated heterocycles. The summed E-state index contributed by atoms with van der Waals surface area (Å²) in [6.45, 7) is 0. The summed E-state index contributed by atoms with van der Waals surface area (Å²) in [4.78, 5) is 14.3. The summed E-state index contributed by atoms with van der Waals surface area (Å²) in [6.07, 6.45) is 1.47. The van der Waals surface area contributed by atoms with Crippen LogP contribution >= 0.6 is 0 Å². The Morgan fingerprint density at radius 3 is 2.56 bits per heavy atom. The summed E-state index contributed by atoms with van der Waals surface area (Å²) in [5.41, 5.74) is 6.87. The summed E-state index contributed by atoms with van der Waals surface area (Å²) >= 11 is 0. The van der Waals surface area contributed by atoms with E-state index in [1.165, 1.54) is 13.3 Å². The molecule has 0 aliphatic carbocycles. The smallest absolute Gasteiger partial charge is 0.354 e. The quantitative estimate of drug-likeness (QED) is 0.661. The summed E-state index contributed by atoms with van der Waals surface area (Å²) in [6, 6.07) is 9.12. The summed E-state index contributed by atoms with van der Waals surface area (Å²) in [7, 11) is 1.32. The lowest BCUT2D eigenvalue weighted by molar-refractivity contribution is -0.385. The highest BCUT2D eigenvalue weighted by Crippen LogP contribution is 2.37. The van der Waals surface area contributed by atoms with Crippen LogP contribution in [0.25, 0.3) is 11.1 Å². The number of hydrogen-bond donors (Lipinski definition) is 1. The zero-order valence-corrected chi connectivity index (χ0v) is 9.66. The first-order valence-electron chi connectivity index (χ1n) is 5.17. The number of ether oxygens (including phenoxy) is 1. The standard InChI is InChI=1S/C12H11N3O3/c1-18-12-11(15(16)17)10(13)9(7-14-12)8-5-3-2-4-6-8/h2-7H,1H3,(H2,13,14). The number of rotatable bonds is 3. The van der Waals surface area contributed by atoms with E-state index in [0.717, 1.165) is 5.56 Å². The molecule has 0 spiro atoms. The molecule has 0 aliphatic rings. The molecule has 0 saturated carbocycles. The van der Waals surface area contributed by atoms with Crippen molar-refractivity contribution in [1.82, 2.24) is 4.98 Å². The van der Waals surface area contributed by atoms with Gasteiger partial charge in [0.15, 0.2) is 0 Å². The maximum atomic E-state index is 11.0. The van der Waals surface area contributed by atoms with Gasteiger partial charge in [0.25, 0.3) is 5.88 Å². The van der Waals surface area contributed by atoms with E-state index < -0.39 is 4.92 Å². The predicted octanol–water partition coefficient (Wildman–Crippen LogP) is 2.25. The van der Waals surface area contributed by atoms with Gasteiger partial charge in [0.1, 0.15) is 5.69 Å². The Bertz CT molecular complexity index is 585. The van der Waals surface area contributed by atoms with Crippen LogP contribution in [0.4, 0.5) is 11.4 Å². The lowest BCUT2D eigenvalue weighted by atomic mass is 10.1. The molecule has 0 unspecified atom stereocenters. The topological polar surface area (TPSA) is 91.3 Å². The van der Waals surface area contributed by atoms with Crippen LogP contribution in [-0.2, 0) is 0 Å². The first kappa shape index (κ1) is 11.8. The number of methoxy groups -OCH3 is 1. The zero-order valence-electron chi connectivity index (χ0n) is 9.66. The molecule has 1 heterocycles. The van der Waals surface area contributed by atoms with Crippen molar-refractivity contribution in [2.75, 3.05) is 12.8 Å². The molecule has 6 heteroatoms. The van der Waals surface area contributed by atoms with E-state index in [0.29, 0.717) is 5.56 Å². The average Bonchev–Trinajstić information content (AvgIpc) is 2.38. The lowest BCUT2D eigenvalue weighted by Gasteiger charge is -2.08. The minimum atomic E-state index is -0.590. The van der Waals surface area contributed by atoms with Gasteiger partial charge >= 0.3 is 5.69 Å². The van der Waals surface area contributed by atoms with E-state index in [4.69, 9.17) is 10.5 Å².